The zero-order valence-electron chi connectivity index (χ0n) is 11.2. The summed E-state index contributed by atoms with van der Waals surface area (Å²) in [6, 6.07) is 0.237. The van der Waals surface area contributed by atoms with Crippen LogP contribution in [0, 0.1) is 5.92 Å². The summed E-state index contributed by atoms with van der Waals surface area (Å²) in [5, 5.41) is 3.32. The fraction of sp³-hybridized carbons (Fsp3) is 0.846. The normalized spacial score (nSPS) is 18.0. The van der Waals surface area contributed by atoms with Crippen molar-refractivity contribution in [3.63, 3.8) is 0 Å². The van der Waals surface area contributed by atoms with E-state index in [1.54, 1.807) is 0 Å². The van der Waals surface area contributed by atoms with Gasteiger partial charge < -0.3 is 10.1 Å². The molecule has 0 fully saturated rings. The summed E-state index contributed by atoms with van der Waals surface area (Å²) in [5.74, 6) is 0.587. The maximum Gasteiger partial charge on any atom is 0.129 e. The van der Waals surface area contributed by atoms with Crippen molar-refractivity contribution in [2.24, 2.45) is 5.92 Å². The van der Waals surface area contributed by atoms with Gasteiger partial charge in [0.2, 0.25) is 0 Å². The summed E-state index contributed by atoms with van der Waals surface area (Å²) < 4.78 is 18.5. The van der Waals surface area contributed by atoms with Crippen LogP contribution in [0.5, 0.6) is 0 Å². The van der Waals surface area contributed by atoms with Gasteiger partial charge >= 0.3 is 0 Å². The van der Waals surface area contributed by atoms with E-state index in [4.69, 9.17) is 4.74 Å². The van der Waals surface area contributed by atoms with Gasteiger partial charge in [0.05, 0.1) is 6.10 Å². The molecule has 0 aliphatic heterocycles. The fourth-order valence-electron chi connectivity index (χ4n) is 1.78. The molecule has 0 radical (unpaired) electrons. The van der Waals surface area contributed by atoms with Crippen LogP contribution in [0.3, 0.4) is 0 Å². The number of halogens is 1. The summed E-state index contributed by atoms with van der Waals surface area (Å²) in [5.41, 5.74) is 0. The van der Waals surface area contributed by atoms with Gasteiger partial charge in [-0.05, 0) is 33.2 Å². The van der Waals surface area contributed by atoms with E-state index < -0.39 is 0 Å². The lowest BCUT2D eigenvalue weighted by molar-refractivity contribution is 0.0906. The highest BCUT2D eigenvalue weighted by Crippen LogP contribution is 2.23. The number of rotatable bonds is 8. The number of ether oxygens (including phenoxy) is 1. The third-order valence-electron chi connectivity index (χ3n) is 2.95. The fourth-order valence-corrected chi connectivity index (χ4v) is 1.78. The van der Waals surface area contributed by atoms with E-state index in [9.17, 15) is 4.39 Å². The molecule has 0 rings (SSSR count). The predicted octanol–water partition coefficient (Wildman–Crippen LogP) is 3.64. The van der Waals surface area contributed by atoms with Gasteiger partial charge in [-0.2, -0.15) is 0 Å². The molecule has 1 unspecified atom stereocenters. The summed E-state index contributed by atoms with van der Waals surface area (Å²) in [6.07, 6.45) is 2.46. The largest absolute Gasteiger partial charge is 0.492 e. The van der Waals surface area contributed by atoms with E-state index in [0.717, 1.165) is 19.4 Å². The van der Waals surface area contributed by atoms with Gasteiger partial charge in [0.1, 0.15) is 12.1 Å². The van der Waals surface area contributed by atoms with Crippen molar-refractivity contribution in [2.45, 2.75) is 59.6 Å². The molecule has 0 saturated heterocycles. The van der Waals surface area contributed by atoms with Crippen molar-refractivity contribution in [1.29, 1.82) is 0 Å². The highest BCUT2D eigenvalue weighted by molar-refractivity contribution is 4.99. The minimum Gasteiger partial charge on any atom is -0.492 e. The smallest absolute Gasteiger partial charge is 0.129 e. The highest BCUT2D eigenvalue weighted by atomic mass is 19.1. The van der Waals surface area contributed by atoms with Crippen molar-refractivity contribution < 1.29 is 9.13 Å². The number of nitrogens with one attached hydrogen (secondary N) is 1. The van der Waals surface area contributed by atoms with Crippen LogP contribution in [-0.2, 0) is 4.74 Å². The highest BCUT2D eigenvalue weighted by Gasteiger charge is 2.22. The molecule has 1 N–H and O–H groups in total. The Kier molecular flexibility index (Phi) is 8.26. The molecule has 0 aromatic rings. The van der Waals surface area contributed by atoms with Crippen LogP contribution < -0.4 is 5.32 Å². The van der Waals surface area contributed by atoms with E-state index in [1.165, 1.54) is 0 Å². The van der Waals surface area contributed by atoms with Crippen LogP contribution in [0.1, 0.15) is 47.5 Å². The molecule has 0 aromatic carbocycles. The Morgan fingerprint density at radius 3 is 2.25 bits per heavy atom. The van der Waals surface area contributed by atoms with Crippen LogP contribution in [-0.4, -0.2) is 18.7 Å². The third-order valence-corrected chi connectivity index (χ3v) is 2.95. The molecule has 3 atom stereocenters. The first-order chi connectivity index (χ1) is 7.60. The lowest BCUT2D eigenvalue weighted by Crippen LogP contribution is -2.35. The molecule has 2 nitrogen and oxygen atoms in total. The first kappa shape index (κ1) is 15.4. The van der Waals surface area contributed by atoms with E-state index in [0.29, 0.717) is 12.1 Å². The molecular formula is C13H26FNO. The van der Waals surface area contributed by atoms with Crippen LogP contribution in [0.4, 0.5) is 4.39 Å². The molecule has 0 heterocycles. The molecule has 0 amide bonds. The molecule has 0 saturated carbocycles. The zero-order valence-corrected chi connectivity index (χ0v) is 11.2. The molecule has 0 bridgehead atoms. The van der Waals surface area contributed by atoms with Crippen molar-refractivity contribution in [3.8, 4) is 0 Å². The minimum atomic E-state index is 0.0740. The Bertz CT molecular complexity index is 206. The van der Waals surface area contributed by atoms with Crippen LogP contribution in [0.15, 0.2) is 12.1 Å². The van der Waals surface area contributed by atoms with Gasteiger partial charge in [0.25, 0.3) is 0 Å². The van der Waals surface area contributed by atoms with Gasteiger partial charge in [0.15, 0.2) is 0 Å². The van der Waals surface area contributed by atoms with E-state index in [1.807, 2.05) is 13.8 Å². The van der Waals surface area contributed by atoms with Crippen LogP contribution >= 0.6 is 0 Å². The van der Waals surface area contributed by atoms with Gasteiger partial charge in [-0.1, -0.05) is 20.8 Å². The summed E-state index contributed by atoms with van der Waals surface area (Å²) in [7, 11) is 0. The van der Waals surface area contributed by atoms with Crippen molar-refractivity contribution in [3.05, 3.63) is 12.1 Å². The monoisotopic (exact) mass is 231 g/mol. The molecule has 96 valence electrons. The quantitative estimate of drug-likeness (QED) is 0.644. The topological polar surface area (TPSA) is 21.3 Å². The van der Waals surface area contributed by atoms with Gasteiger partial charge in [-0.3, -0.25) is 0 Å². The van der Waals surface area contributed by atoms with Crippen LogP contribution in [0.25, 0.3) is 0 Å². The van der Waals surface area contributed by atoms with E-state index in [-0.39, 0.29) is 18.1 Å². The Morgan fingerprint density at radius 2 is 1.88 bits per heavy atom. The average molecular weight is 231 g/mol. The Morgan fingerprint density at radius 1 is 1.25 bits per heavy atom. The lowest BCUT2D eigenvalue weighted by Gasteiger charge is -2.27. The molecule has 0 aliphatic rings. The molecule has 16 heavy (non-hydrogen) atoms. The van der Waals surface area contributed by atoms with Crippen molar-refractivity contribution in [1.82, 2.24) is 5.32 Å². The molecule has 0 aromatic heterocycles. The first-order valence-corrected chi connectivity index (χ1v) is 6.30. The average Bonchev–Trinajstić information content (AvgIpc) is 2.28. The molecular weight excluding hydrogens is 205 g/mol. The SMILES string of the molecule is CCNC(C)[C@@H](CC)/C(=C/F)O[C@H](C)CC. The lowest BCUT2D eigenvalue weighted by atomic mass is 9.96. The predicted molar refractivity (Wildman–Crippen MR) is 66.9 cm³/mol. The van der Waals surface area contributed by atoms with Gasteiger partial charge in [0, 0.05) is 12.0 Å². The van der Waals surface area contributed by atoms with Gasteiger partial charge in [-0.25, -0.2) is 4.39 Å². The van der Waals surface area contributed by atoms with Crippen molar-refractivity contribution in [2.75, 3.05) is 6.54 Å². The van der Waals surface area contributed by atoms with E-state index in [2.05, 4.69) is 26.1 Å². The van der Waals surface area contributed by atoms with Crippen LogP contribution in [0.2, 0.25) is 0 Å². The zero-order chi connectivity index (χ0) is 12.6. The summed E-state index contributed by atoms with van der Waals surface area (Å²) >= 11 is 0. The molecule has 0 aliphatic carbocycles. The summed E-state index contributed by atoms with van der Waals surface area (Å²) in [4.78, 5) is 0. The van der Waals surface area contributed by atoms with Crippen molar-refractivity contribution >= 4 is 0 Å². The molecule has 3 heteroatoms. The maximum absolute atomic E-state index is 12.9. The second kappa shape index (κ2) is 8.57. The first-order valence-electron chi connectivity index (χ1n) is 6.30. The second-order valence-corrected chi connectivity index (χ2v) is 4.21. The number of hydrogen-bond donors (Lipinski definition) is 1. The van der Waals surface area contributed by atoms with Gasteiger partial charge in [-0.15, -0.1) is 0 Å². The minimum absolute atomic E-state index is 0.0740. The number of hydrogen-bond acceptors (Lipinski definition) is 2. The van der Waals surface area contributed by atoms with E-state index >= 15 is 0 Å². The third kappa shape index (κ3) is 4.97. The second-order valence-electron chi connectivity index (χ2n) is 4.21. The molecule has 0 spiro atoms. The standard InChI is InChI=1S/C13H26FNO/c1-6-10(4)16-13(9-14)12(7-2)11(5)15-8-3/h9-12,15H,6-8H2,1-5H3/b13-9-/t10-,11?,12-/m1/s1. The Balaban J connectivity index is 4.51. The Labute approximate surface area is 99.3 Å². The summed E-state index contributed by atoms with van der Waals surface area (Å²) in [6.45, 7) is 11.1. The Hall–Kier alpha value is -0.570. The maximum atomic E-state index is 12.9.